The summed E-state index contributed by atoms with van der Waals surface area (Å²) in [5.41, 5.74) is 1.50. The summed E-state index contributed by atoms with van der Waals surface area (Å²) in [6, 6.07) is 5.47. The number of ether oxygens (including phenoxy) is 1. The minimum absolute atomic E-state index is 0.0741. The molecule has 0 saturated carbocycles. The van der Waals surface area contributed by atoms with E-state index in [1.165, 1.54) is 29.5 Å². The lowest BCUT2D eigenvalue weighted by molar-refractivity contribution is -0.274. The number of thiazole rings is 1. The Morgan fingerprint density at radius 3 is 2.96 bits per heavy atom. The lowest BCUT2D eigenvalue weighted by Gasteiger charge is -2.10. The zero-order valence-corrected chi connectivity index (χ0v) is 13.2. The summed E-state index contributed by atoms with van der Waals surface area (Å²) in [6.45, 7) is 1.80. The molecule has 3 rings (SSSR count). The number of alkyl halides is 3. The molecule has 0 aliphatic carbocycles. The van der Waals surface area contributed by atoms with Crippen LogP contribution < -0.4 is 10.1 Å². The quantitative estimate of drug-likeness (QED) is 0.779. The number of fused-ring (bicyclic) bond motifs is 1. The van der Waals surface area contributed by atoms with Crippen LogP contribution in [0.3, 0.4) is 0 Å². The van der Waals surface area contributed by atoms with E-state index in [1.807, 2.05) is 5.38 Å². The largest absolute Gasteiger partial charge is 0.573 e. The highest BCUT2D eigenvalue weighted by Crippen LogP contribution is 2.23. The number of nitrogens with one attached hydrogen (secondary N) is 1. The van der Waals surface area contributed by atoms with Crippen molar-refractivity contribution in [3.8, 4) is 5.75 Å². The number of nitrogens with zero attached hydrogens (tertiary/aromatic N) is 2. The van der Waals surface area contributed by atoms with Crippen molar-refractivity contribution in [2.24, 2.45) is 0 Å². The van der Waals surface area contributed by atoms with Gasteiger partial charge in [0.15, 0.2) is 4.96 Å². The van der Waals surface area contributed by atoms with Crippen LogP contribution in [-0.2, 0) is 6.54 Å². The summed E-state index contributed by atoms with van der Waals surface area (Å²) in [5.74, 6) is -0.671. The second-order valence-corrected chi connectivity index (χ2v) is 5.85. The zero-order valence-electron chi connectivity index (χ0n) is 12.4. The number of aryl methyl sites for hydroxylation is 1. The van der Waals surface area contributed by atoms with Crippen LogP contribution in [0.5, 0.6) is 5.75 Å². The number of aromatic nitrogens is 2. The Kier molecular flexibility index (Phi) is 4.18. The first-order valence-corrected chi connectivity index (χ1v) is 7.76. The van der Waals surface area contributed by atoms with E-state index in [0.29, 0.717) is 21.9 Å². The van der Waals surface area contributed by atoms with Crippen LogP contribution >= 0.6 is 11.3 Å². The van der Waals surface area contributed by atoms with Gasteiger partial charge in [0.05, 0.1) is 5.69 Å². The highest BCUT2D eigenvalue weighted by molar-refractivity contribution is 7.15. The zero-order chi connectivity index (χ0) is 17.3. The van der Waals surface area contributed by atoms with Crippen molar-refractivity contribution in [2.75, 3.05) is 0 Å². The summed E-state index contributed by atoms with van der Waals surface area (Å²) < 4.78 is 42.2. The van der Waals surface area contributed by atoms with Gasteiger partial charge in [0, 0.05) is 18.1 Å². The molecule has 0 radical (unpaired) electrons. The molecule has 0 bridgehead atoms. The average molecular weight is 355 g/mol. The molecule has 0 unspecified atom stereocenters. The molecule has 0 spiro atoms. The predicted molar refractivity (Wildman–Crippen MR) is 82.1 cm³/mol. The fraction of sp³-hybridized carbons (Fsp3) is 0.200. The first-order valence-electron chi connectivity index (χ1n) is 6.88. The van der Waals surface area contributed by atoms with Crippen LogP contribution in [0.1, 0.15) is 21.7 Å². The molecule has 0 atom stereocenters. The van der Waals surface area contributed by atoms with Crippen molar-refractivity contribution >= 4 is 22.2 Å². The summed E-state index contributed by atoms with van der Waals surface area (Å²) in [7, 11) is 0. The Hall–Kier alpha value is -2.55. The third-order valence-corrected chi connectivity index (χ3v) is 3.99. The van der Waals surface area contributed by atoms with Crippen molar-refractivity contribution in [1.29, 1.82) is 0 Å². The first-order chi connectivity index (χ1) is 11.3. The van der Waals surface area contributed by atoms with E-state index in [0.717, 1.165) is 0 Å². The average Bonchev–Trinajstić information content (AvgIpc) is 3.03. The summed E-state index contributed by atoms with van der Waals surface area (Å²) >= 11 is 1.41. The minimum atomic E-state index is -4.75. The molecule has 24 heavy (non-hydrogen) atoms. The fourth-order valence-corrected chi connectivity index (χ4v) is 3.05. The number of carbonyl (C=O) groups excluding carboxylic acids is 1. The van der Waals surface area contributed by atoms with E-state index >= 15 is 0 Å². The van der Waals surface area contributed by atoms with Crippen LogP contribution in [0.25, 0.3) is 4.96 Å². The molecule has 2 heterocycles. The third-order valence-electron chi connectivity index (χ3n) is 3.24. The van der Waals surface area contributed by atoms with Gasteiger partial charge in [0.25, 0.3) is 5.91 Å². The van der Waals surface area contributed by atoms with E-state index in [-0.39, 0.29) is 18.2 Å². The van der Waals surface area contributed by atoms with Gasteiger partial charge in [0.1, 0.15) is 11.4 Å². The second-order valence-electron chi connectivity index (χ2n) is 4.98. The van der Waals surface area contributed by atoms with Crippen LogP contribution in [-0.4, -0.2) is 21.7 Å². The number of hydrogen-bond acceptors (Lipinski definition) is 4. The molecule has 0 fully saturated rings. The number of rotatable bonds is 4. The normalized spacial score (nSPS) is 11.7. The predicted octanol–water partition coefficient (Wildman–Crippen LogP) is 3.53. The minimum Gasteiger partial charge on any atom is -0.406 e. The van der Waals surface area contributed by atoms with Gasteiger partial charge in [-0.05, 0) is 24.6 Å². The Labute approximate surface area is 138 Å². The Morgan fingerprint density at radius 2 is 2.21 bits per heavy atom. The molecule has 1 N–H and O–H groups in total. The fourth-order valence-electron chi connectivity index (χ4n) is 2.29. The van der Waals surface area contributed by atoms with Gasteiger partial charge in [-0.25, -0.2) is 4.98 Å². The number of amides is 1. The van der Waals surface area contributed by atoms with E-state index in [1.54, 1.807) is 23.6 Å². The number of benzene rings is 1. The molecule has 126 valence electrons. The highest BCUT2D eigenvalue weighted by Gasteiger charge is 2.31. The van der Waals surface area contributed by atoms with Gasteiger partial charge >= 0.3 is 6.36 Å². The standard InChI is InChI=1S/C15H12F3N3O2S/c1-9-12(21-5-6-24-14(21)20-9)13(22)19-8-10-3-2-4-11(7-10)23-15(16,17)18/h2-7H,8H2,1H3,(H,19,22). The molecular weight excluding hydrogens is 343 g/mol. The second kappa shape index (κ2) is 6.16. The summed E-state index contributed by atoms with van der Waals surface area (Å²) in [6.07, 6.45) is -3.01. The maximum Gasteiger partial charge on any atom is 0.573 e. The molecule has 0 aliphatic heterocycles. The monoisotopic (exact) mass is 355 g/mol. The van der Waals surface area contributed by atoms with E-state index in [9.17, 15) is 18.0 Å². The lowest BCUT2D eigenvalue weighted by atomic mass is 10.2. The Morgan fingerprint density at radius 1 is 1.42 bits per heavy atom. The Balaban J connectivity index is 1.71. The third kappa shape index (κ3) is 3.51. The SMILES string of the molecule is Cc1nc2sccn2c1C(=O)NCc1cccc(OC(F)(F)F)c1. The van der Waals surface area contributed by atoms with Gasteiger partial charge in [-0.1, -0.05) is 12.1 Å². The number of imidazole rings is 1. The van der Waals surface area contributed by atoms with E-state index in [4.69, 9.17) is 0 Å². The maximum absolute atomic E-state index is 12.3. The molecule has 2 aromatic heterocycles. The van der Waals surface area contributed by atoms with Crippen molar-refractivity contribution in [3.05, 3.63) is 52.8 Å². The van der Waals surface area contributed by atoms with Crippen molar-refractivity contribution < 1.29 is 22.7 Å². The molecule has 5 nitrogen and oxygen atoms in total. The molecular formula is C15H12F3N3O2S. The van der Waals surface area contributed by atoms with E-state index in [2.05, 4.69) is 15.0 Å². The maximum atomic E-state index is 12.3. The van der Waals surface area contributed by atoms with Crippen molar-refractivity contribution in [2.45, 2.75) is 19.8 Å². The summed E-state index contributed by atoms with van der Waals surface area (Å²) in [4.78, 5) is 17.3. The highest BCUT2D eigenvalue weighted by atomic mass is 32.1. The van der Waals surface area contributed by atoms with Crippen LogP contribution in [0.15, 0.2) is 35.8 Å². The van der Waals surface area contributed by atoms with Crippen LogP contribution in [0.2, 0.25) is 0 Å². The van der Waals surface area contributed by atoms with Gasteiger partial charge in [0.2, 0.25) is 0 Å². The van der Waals surface area contributed by atoms with Crippen molar-refractivity contribution in [1.82, 2.24) is 14.7 Å². The van der Waals surface area contributed by atoms with Gasteiger partial charge in [-0.15, -0.1) is 24.5 Å². The first kappa shape index (κ1) is 16.3. The smallest absolute Gasteiger partial charge is 0.406 e. The lowest BCUT2D eigenvalue weighted by Crippen LogP contribution is -2.25. The van der Waals surface area contributed by atoms with Crippen LogP contribution in [0, 0.1) is 6.92 Å². The van der Waals surface area contributed by atoms with Crippen molar-refractivity contribution in [3.63, 3.8) is 0 Å². The van der Waals surface area contributed by atoms with Gasteiger partial charge in [-0.2, -0.15) is 0 Å². The van der Waals surface area contributed by atoms with Gasteiger partial charge in [-0.3, -0.25) is 9.20 Å². The summed E-state index contributed by atoms with van der Waals surface area (Å²) in [5, 5.41) is 4.50. The molecule has 3 aromatic rings. The van der Waals surface area contributed by atoms with Crippen LogP contribution in [0.4, 0.5) is 13.2 Å². The number of carbonyl (C=O) groups is 1. The number of hydrogen-bond donors (Lipinski definition) is 1. The van der Waals surface area contributed by atoms with E-state index < -0.39 is 6.36 Å². The van der Waals surface area contributed by atoms with Gasteiger partial charge < -0.3 is 10.1 Å². The molecule has 1 amide bonds. The molecule has 1 aromatic carbocycles. The topological polar surface area (TPSA) is 55.6 Å². The molecule has 9 heteroatoms. The number of halogens is 3. The Bertz CT molecular complexity index is 886. The molecule has 0 aliphatic rings. The molecule has 0 saturated heterocycles.